The summed E-state index contributed by atoms with van der Waals surface area (Å²) in [6.45, 7) is 6.32. The summed E-state index contributed by atoms with van der Waals surface area (Å²) in [6.07, 6.45) is 3.81. The monoisotopic (exact) mass is 289 g/mol. The average molecular weight is 289 g/mol. The second kappa shape index (κ2) is 6.43. The smallest absolute Gasteiger partial charge is 0.0628 e. The SMILES string of the molecule is CCc1cc(CC(N)CCc2c(C)nn(C)c2C)n(C)n1. The van der Waals surface area contributed by atoms with E-state index in [-0.39, 0.29) is 6.04 Å². The minimum absolute atomic E-state index is 0.157. The van der Waals surface area contributed by atoms with E-state index in [1.54, 1.807) is 0 Å². The van der Waals surface area contributed by atoms with Crippen molar-refractivity contribution < 1.29 is 0 Å². The Labute approximate surface area is 127 Å². The van der Waals surface area contributed by atoms with Crippen molar-refractivity contribution in [1.82, 2.24) is 19.6 Å². The van der Waals surface area contributed by atoms with Crippen LogP contribution in [0.25, 0.3) is 0 Å². The number of hydrogen-bond donors (Lipinski definition) is 1. The molecule has 0 amide bonds. The van der Waals surface area contributed by atoms with Crippen molar-refractivity contribution in [2.45, 2.75) is 52.5 Å². The first kappa shape index (κ1) is 15.8. The first-order chi connectivity index (χ1) is 9.92. The molecule has 21 heavy (non-hydrogen) atoms. The van der Waals surface area contributed by atoms with Crippen molar-refractivity contribution in [3.05, 3.63) is 34.4 Å². The maximum atomic E-state index is 6.31. The lowest BCUT2D eigenvalue weighted by atomic mass is 10.0. The zero-order valence-corrected chi connectivity index (χ0v) is 13.8. The molecule has 1 atom stereocenters. The maximum Gasteiger partial charge on any atom is 0.0628 e. The fourth-order valence-electron chi connectivity index (χ4n) is 2.82. The van der Waals surface area contributed by atoms with Gasteiger partial charge in [0, 0.05) is 37.9 Å². The summed E-state index contributed by atoms with van der Waals surface area (Å²) in [5.41, 5.74) is 12.4. The third kappa shape index (κ3) is 3.53. The van der Waals surface area contributed by atoms with Crippen molar-refractivity contribution in [3.8, 4) is 0 Å². The lowest BCUT2D eigenvalue weighted by molar-refractivity contribution is 0.576. The normalized spacial score (nSPS) is 12.9. The third-order valence-corrected chi connectivity index (χ3v) is 4.28. The zero-order chi connectivity index (χ0) is 15.6. The van der Waals surface area contributed by atoms with Crippen molar-refractivity contribution in [2.75, 3.05) is 0 Å². The van der Waals surface area contributed by atoms with Gasteiger partial charge in [-0.15, -0.1) is 0 Å². The Morgan fingerprint density at radius 2 is 1.90 bits per heavy atom. The molecule has 0 fully saturated rings. The topological polar surface area (TPSA) is 61.7 Å². The van der Waals surface area contributed by atoms with Gasteiger partial charge in [0.25, 0.3) is 0 Å². The van der Waals surface area contributed by atoms with Gasteiger partial charge in [0.1, 0.15) is 0 Å². The van der Waals surface area contributed by atoms with E-state index in [1.807, 2.05) is 23.5 Å². The highest BCUT2D eigenvalue weighted by Gasteiger charge is 2.13. The average Bonchev–Trinajstić information content (AvgIpc) is 2.89. The highest BCUT2D eigenvalue weighted by Crippen LogP contribution is 2.16. The first-order valence-electron chi connectivity index (χ1n) is 7.68. The Morgan fingerprint density at radius 1 is 1.19 bits per heavy atom. The van der Waals surface area contributed by atoms with Crippen LogP contribution >= 0.6 is 0 Å². The van der Waals surface area contributed by atoms with Crippen molar-refractivity contribution in [2.24, 2.45) is 19.8 Å². The van der Waals surface area contributed by atoms with Gasteiger partial charge < -0.3 is 5.73 Å². The second-order valence-electron chi connectivity index (χ2n) is 5.88. The Balaban J connectivity index is 1.95. The molecule has 0 aliphatic carbocycles. The van der Waals surface area contributed by atoms with Crippen LogP contribution in [0.2, 0.25) is 0 Å². The molecule has 0 aliphatic heterocycles. The molecule has 2 rings (SSSR count). The van der Waals surface area contributed by atoms with Crippen LogP contribution in [0.1, 0.15) is 41.7 Å². The second-order valence-corrected chi connectivity index (χ2v) is 5.88. The van der Waals surface area contributed by atoms with E-state index in [0.29, 0.717) is 0 Å². The molecule has 0 saturated carbocycles. The molecule has 0 bridgehead atoms. The number of aromatic nitrogens is 4. The van der Waals surface area contributed by atoms with Crippen molar-refractivity contribution >= 4 is 0 Å². The molecular formula is C16H27N5. The molecule has 2 heterocycles. The standard InChI is InChI=1S/C16H27N5/c1-6-14-10-15(21(5)19-14)9-13(17)7-8-16-11(2)18-20(4)12(16)3/h10,13H,6-9,17H2,1-5H3. The van der Waals surface area contributed by atoms with Crippen molar-refractivity contribution in [3.63, 3.8) is 0 Å². The quantitative estimate of drug-likeness (QED) is 0.882. The summed E-state index contributed by atoms with van der Waals surface area (Å²) in [7, 11) is 3.99. The van der Waals surface area contributed by atoms with E-state index >= 15 is 0 Å². The first-order valence-corrected chi connectivity index (χ1v) is 7.68. The summed E-state index contributed by atoms with van der Waals surface area (Å²) in [4.78, 5) is 0. The van der Waals surface area contributed by atoms with Crippen LogP contribution in [0.3, 0.4) is 0 Å². The van der Waals surface area contributed by atoms with E-state index in [9.17, 15) is 0 Å². The van der Waals surface area contributed by atoms with E-state index in [4.69, 9.17) is 5.73 Å². The predicted octanol–water partition coefficient (Wildman–Crippen LogP) is 1.84. The molecule has 116 valence electrons. The third-order valence-electron chi connectivity index (χ3n) is 4.28. The lowest BCUT2D eigenvalue weighted by Crippen LogP contribution is -2.24. The number of nitrogens with two attached hydrogens (primary N) is 1. The largest absolute Gasteiger partial charge is 0.327 e. The van der Waals surface area contributed by atoms with E-state index in [0.717, 1.165) is 37.1 Å². The van der Waals surface area contributed by atoms with Crippen LogP contribution in [0.5, 0.6) is 0 Å². The Bertz CT molecular complexity index is 608. The van der Waals surface area contributed by atoms with Crippen LogP contribution in [-0.2, 0) is 33.4 Å². The fraction of sp³-hybridized carbons (Fsp3) is 0.625. The van der Waals surface area contributed by atoms with Gasteiger partial charge in [-0.3, -0.25) is 9.36 Å². The van der Waals surface area contributed by atoms with Crippen LogP contribution < -0.4 is 5.73 Å². The minimum Gasteiger partial charge on any atom is -0.327 e. The van der Waals surface area contributed by atoms with Gasteiger partial charge in [-0.05, 0) is 44.7 Å². The van der Waals surface area contributed by atoms with Gasteiger partial charge >= 0.3 is 0 Å². The van der Waals surface area contributed by atoms with E-state index in [1.165, 1.54) is 17.0 Å². The van der Waals surface area contributed by atoms with Gasteiger partial charge in [-0.1, -0.05) is 6.92 Å². The summed E-state index contributed by atoms with van der Waals surface area (Å²) >= 11 is 0. The molecule has 0 spiro atoms. The molecule has 2 aromatic rings. The molecule has 0 saturated heterocycles. The van der Waals surface area contributed by atoms with Gasteiger partial charge in [-0.25, -0.2) is 0 Å². The molecule has 5 heteroatoms. The maximum absolute atomic E-state index is 6.31. The molecule has 1 unspecified atom stereocenters. The van der Waals surface area contributed by atoms with E-state index < -0.39 is 0 Å². The number of nitrogens with zero attached hydrogens (tertiary/aromatic N) is 4. The Hall–Kier alpha value is -1.62. The summed E-state index contributed by atoms with van der Waals surface area (Å²) in [5.74, 6) is 0. The van der Waals surface area contributed by atoms with Crippen LogP contribution in [0.4, 0.5) is 0 Å². The zero-order valence-electron chi connectivity index (χ0n) is 13.8. The van der Waals surface area contributed by atoms with Crippen molar-refractivity contribution in [1.29, 1.82) is 0 Å². The molecule has 0 aliphatic rings. The summed E-state index contributed by atoms with van der Waals surface area (Å²) in [5, 5.41) is 8.94. The van der Waals surface area contributed by atoms with Gasteiger partial charge in [-0.2, -0.15) is 10.2 Å². The number of hydrogen-bond acceptors (Lipinski definition) is 3. The Kier molecular flexibility index (Phi) is 4.83. The molecule has 5 nitrogen and oxygen atoms in total. The van der Waals surface area contributed by atoms with Crippen LogP contribution in [-0.4, -0.2) is 25.6 Å². The van der Waals surface area contributed by atoms with E-state index in [2.05, 4.69) is 37.0 Å². The lowest BCUT2D eigenvalue weighted by Gasteiger charge is -2.12. The van der Waals surface area contributed by atoms with Gasteiger partial charge in [0.05, 0.1) is 11.4 Å². The molecule has 0 radical (unpaired) electrons. The highest BCUT2D eigenvalue weighted by molar-refractivity contribution is 5.24. The molecule has 2 aromatic heterocycles. The minimum atomic E-state index is 0.157. The highest BCUT2D eigenvalue weighted by atomic mass is 15.3. The molecule has 2 N–H and O–H groups in total. The Morgan fingerprint density at radius 3 is 2.43 bits per heavy atom. The van der Waals surface area contributed by atoms with Gasteiger partial charge in [0.2, 0.25) is 0 Å². The van der Waals surface area contributed by atoms with Crippen LogP contribution in [0.15, 0.2) is 6.07 Å². The number of aryl methyl sites for hydroxylation is 4. The number of rotatable bonds is 6. The fourth-order valence-corrected chi connectivity index (χ4v) is 2.82. The molecule has 0 aromatic carbocycles. The van der Waals surface area contributed by atoms with Crippen LogP contribution in [0, 0.1) is 13.8 Å². The predicted molar refractivity (Wildman–Crippen MR) is 85.3 cm³/mol. The molecular weight excluding hydrogens is 262 g/mol. The summed E-state index contributed by atoms with van der Waals surface area (Å²) < 4.78 is 3.91. The summed E-state index contributed by atoms with van der Waals surface area (Å²) in [6, 6.07) is 2.32. The van der Waals surface area contributed by atoms with Gasteiger partial charge in [0.15, 0.2) is 0 Å².